The van der Waals surface area contributed by atoms with Crippen molar-refractivity contribution < 1.29 is 18.4 Å². The van der Waals surface area contributed by atoms with Crippen LogP contribution in [0.3, 0.4) is 0 Å². The number of pyridine rings is 2. The molecule has 0 bridgehead atoms. The minimum absolute atomic E-state index is 0.00218. The largest absolute Gasteiger partial charge is 0.288 e. The molecule has 0 unspecified atom stereocenters. The van der Waals surface area contributed by atoms with E-state index in [0.29, 0.717) is 17.7 Å². The van der Waals surface area contributed by atoms with Gasteiger partial charge in [0.25, 0.3) is 5.91 Å². The molecular formula is C23H22N4O4S. The van der Waals surface area contributed by atoms with Gasteiger partial charge in [0.15, 0.2) is 0 Å². The maximum Gasteiger partial charge on any atom is 0.274 e. The van der Waals surface area contributed by atoms with Gasteiger partial charge in [0.05, 0.1) is 11.4 Å². The van der Waals surface area contributed by atoms with E-state index in [1.165, 1.54) is 12.1 Å². The van der Waals surface area contributed by atoms with Crippen molar-refractivity contribution in [3.63, 3.8) is 0 Å². The Labute approximate surface area is 186 Å². The Balaban J connectivity index is 1.90. The van der Waals surface area contributed by atoms with Crippen LogP contribution < -0.4 is 10.2 Å². The van der Waals surface area contributed by atoms with Gasteiger partial charge in [0.2, 0.25) is 10.0 Å². The first-order valence-corrected chi connectivity index (χ1v) is 11.5. The monoisotopic (exact) mass is 450 g/mol. The highest BCUT2D eigenvalue weighted by Gasteiger charge is 2.15. The zero-order valence-electron chi connectivity index (χ0n) is 17.4. The first-order valence-electron chi connectivity index (χ1n) is 9.89. The molecule has 1 aromatic carbocycles. The maximum absolute atomic E-state index is 12.3. The Morgan fingerprint density at radius 2 is 1.84 bits per heavy atom. The molecule has 2 aromatic heterocycles. The van der Waals surface area contributed by atoms with Gasteiger partial charge in [-0.15, -0.1) is 0 Å². The van der Waals surface area contributed by atoms with Gasteiger partial charge < -0.3 is 0 Å². The van der Waals surface area contributed by atoms with Gasteiger partial charge in [-0.1, -0.05) is 37.3 Å². The fourth-order valence-corrected chi connectivity index (χ4v) is 3.97. The van der Waals surface area contributed by atoms with Crippen molar-refractivity contribution in [1.29, 1.82) is 0 Å². The molecule has 9 heteroatoms. The smallest absolute Gasteiger partial charge is 0.274 e. The molecule has 1 amide bonds. The third-order valence-corrected chi connectivity index (χ3v) is 5.76. The van der Waals surface area contributed by atoms with Crippen LogP contribution in [-0.4, -0.2) is 35.3 Å². The predicted molar refractivity (Wildman–Crippen MR) is 121 cm³/mol. The van der Waals surface area contributed by atoms with Gasteiger partial charge in [-0.25, -0.2) is 18.9 Å². The topological polar surface area (TPSA) is 121 Å². The van der Waals surface area contributed by atoms with Crippen LogP contribution in [0.25, 0.3) is 11.3 Å². The summed E-state index contributed by atoms with van der Waals surface area (Å²) in [7, 11) is -3.62. The van der Waals surface area contributed by atoms with Crippen molar-refractivity contribution in [2.75, 3.05) is 10.5 Å². The molecule has 0 radical (unpaired) electrons. The summed E-state index contributed by atoms with van der Waals surface area (Å²) in [4.78, 5) is 20.3. The molecule has 2 heterocycles. The number of carbonyl (C=O) groups is 1. The van der Waals surface area contributed by atoms with Crippen molar-refractivity contribution in [2.45, 2.75) is 19.8 Å². The second-order valence-electron chi connectivity index (χ2n) is 6.91. The number of nitrogens with zero attached hydrogens (tertiary/aromatic N) is 2. The normalized spacial score (nSPS) is 10.7. The summed E-state index contributed by atoms with van der Waals surface area (Å²) in [5.74, 6) is 5.23. The molecule has 0 fully saturated rings. The Morgan fingerprint density at radius 3 is 2.50 bits per heavy atom. The number of nitrogens with one attached hydrogen (secondary N) is 2. The van der Waals surface area contributed by atoms with Gasteiger partial charge in [-0.2, -0.15) is 0 Å². The fourth-order valence-electron chi connectivity index (χ4n) is 2.78. The molecule has 3 rings (SSSR count). The molecule has 0 atom stereocenters. The zero-order valence-corrected chi connectivity index (χ0v) is 18.2. The highest BCUT2D eigenvalue weighted by atomic mass is 32.2. The standard InChI is InChI=1S/C23H22N4O4S/c1-2-3-13-32(30,31)27-22-15-20(23(28)26-29)14-21(25-22)19-10-8-17(9-11-19)6-7-18-5-4-12-24-16-18/h4-5,8-12,14-16,29H,2-3,13H2,1H3,(H,25,27)(H,26,28). The first kappa shape index (κ1) is 22.9. The van der Waals surface area contributed by atoms with Crippen molar-refractivity contribution in [2.24, 2.45) is 0 Å². The Hall–Kier alpha value is -3.74. The molecule has 0 aliphatic heterocycles. The molecular weight excluding hydrogens is 428 g/mol. The van der Waals surface area contributed by atoms with E-state index in [9.17, 15) is 13.2 Å². The molecule has 0 aliphatic carbocycles. The molecule has 0 aliphatic rings. The third kappa shape index (κ3) is 6.38. The number of rotatable bonds is 7. The Kier molecular flexibility index (Phi) is 7.54. The van der Waals surface area contributed by atoms with E-state index >= 15 is 0 Å². The lowest BCUT2D eigenvalue weighted by Crippen LogP contribution is -2.21. The molecule has 32 heavy (non-hydrogen) atoms. The quantitative estimate of drug-likeness (QED) is 0.289. The van der Waals surface area contributed by atoms with E-state index in [4.69, 9.17) is 5.21 Å². The molecule has 0 spiro atoms. The van der Waals surface area contributed by atoms with Crippen LogP contribution in [0, 0.1) is 11.8 Å². The van der Waals surface area contributed by atoms with Crippen molar-refractivity contribution >= 4 is 21.7 Å². The van der Waals surface area contributed by atoms with Gasteiger partial charge >= 0.3 is 0 Å². The summed E-state index contributed by atoms with van der Waals surface area (Å²) in [5, 5.41) is 9.00. The minimum atomic E-state index is -3.62. The number of aromatic nitrogens is 2. The van der Waals surface area contributed by atoms with Crippen LogP contribution in [0.4, 0.5) is 5.82 Å². The lowest BCUT2D eigenvalue weighted by atomic mass is 10.1. The van der Waals surface area contributed by atoms with E-state index in [2.05, 4.69) is 26.5 Å². The molecule has 0 saturated carbocycles. The summed E-state index contributed by atoms with van der Waals surface area (Å²) in [6.07, 6.45) is 4.57. The summed E-state index contributed by atoms with van der Waals surface area (Å²) in [6.45, 7) is 1.89. The van der Waals surface area contributed by atoms with Crippen LogP contribution >= 0.6 is 0 Å². The van der Waals surface area contributed by atoms with Gasteiger partial charge in [0, 0.05) is 34.6 Å². The van der Waals surface area contributed by atoms with Crippen LogP contribution in [-0.2, 0) is 10.0 Å². The number of hydrogen-bond acceptors (Lipinski definition) is 6. The number of unbranched alkanes of at least 4 members (excludes halogenated alkanes) is 1. The van der Waals surface area contributed by atoms with Crippen molar-refractivity contribution in [1.82, 2.24) is 15.4 Å². The zero-order chi connectivity index (χ0) is 23.0. The highest BCUT2D eigenvalue weighted by molar-refractivity contribution is 7.92. The van der Waals surface area contributed by atoms with E-state index in [1.54, 1.807) is 42.1 Å². The lowest BCUT2D eigenvalue weighted by Gasteiger charge is -2.11. The average molecular weight is 451 g/mol. The molecule has 3 N–H and O–H groups in total. The van der Waals surface area contributed by atoms with Crippen LogP contribution in [0.5, 0.6) is 0 Å². The first-order chi connectivity index (χ1) is 15.4. The second-order valence-corrected chi connectivity index (χ2v) is 8.75. The van der Waals surface area contributed by atoms with Crippen molar-refractivity contribution in [3.05, 3.63) is 77.6 Å². The van der Waals surface area contributed by atoms with Gasteiger partial charge in [-0.05, 0) is 42.8 Å². The highest BCUT2D eigenvalue weighted by Crippen LogP contribution is 2.23. The fraction of sp³-hybridized carbons (Fsp3) is 0.174. The van der Waals surface area contributed by atoms with E-state index < -0.39 is 15.9 Å². The Morgan fingerprint density at radius 1 is 1.09 bits per heavy atom. The third-order valence-electron chi connectivity index (χ3n) is 4.41. The molecule has 0 saturated heterocycles. The van der Waals surface area contributed by atoms with Crippen LogP contribution in [0.2, 0.25) is 0 Å². The predicted octanol–water partition coefficient (Wildman–Crippen LogP) is 3.20. The lowest BCUT2D eigenvalue weighted by molar-refractivity contribution is 0.0706. The molecule has 3 aromatic rings. The Bertz CT molecular complexity index is 1250. The van der Waals surface area contributed by atoms with Gasteiger partial charge in [0.1, 0.15) is 5.82 Å². The summed E-state index contributed by atoms with van der Waals surface area (Å²) in [6, 6.07) is 13.5. The van der Waals surface area contributed by atoms with Gasteiger partial charge in [-0.3, -0.25) is 19.7 Å². The van der Waals surface area contributed by atoms with E-state index in [0.717, 1.165) is 17.5 Å². The number of benzene rings is 1. The SMILES string of the molecule is CCCCS(=O)(=O)Nc1cc(C(=O)NO)cc(-c2ccc(C#Cc3cccnc3)cc2)n1. The number of sulfonamides is 1. The molecule has 164 valence electrons. The molecule has 8 nitrogen and oxygen atoms in total. The summed E-state index contributed by atoms with van der Waals surface area (Å²) < 4.78 is 26.9. The average Bonchev–Trinajstić information content (AvgIpc) is 2.81. The van der Waals surface area contributed by atoms with Crippen LogP contribution in [0.1, 0.15) is 41.3 Å². The van der Waals surface area contributed by atoms with Crippen molar-refractivity contribution in [3.8, 4) is 23.1 Å². The number of hydroxylamine groups is 1. The van der Waals surface area contributed by atoms with E-state index in [-0.39, 0.29) is 17.1 Å². The van der Waals surface area contributed by atoms with Crippen LogP contribution in [0.15, 0.2) is 60.9 Å². The minimum Gasteiger partial charge on any atom is -0.288 e. The number of anilines is 1. The number of hydrogen-bond donors (Lipinski definition) is 3. The number of amides is 1. The summed E-state index contributed by atoms with van der Waals surface area (Å²) >= 11 is 0. The number of carbonyl (C=O) groups excluding carboxylic acids is 1. The summed E-state index contributed by atoms with van der Waals surface area (Å²) in [5.41, 5.74) is 4.20. The van der Waals surface area contributed by atoms with E-state index in [1.807, 2.05) is 19.1 Å². The second kappa shape index (κ2) is 10.5. The maximum atomic E-state index is 12.3.